The second-order valence-corrected chi connectivity index (χ2v) is 5.92. The van der Waals surface area contributed by atoms with Crippen LogP contribution in [0.25, 0.3) is 11.0 Å². The third-order valence-corrected chi connectivity index (χ3v) is 4.51. The van der Waals surface area contributed by atoms with E-state index < -0.39 is 0 Å². The maximum atomic E-state index is 13.8. The molecule has 0 saturated carbocycles. The zero-order valence-electron chi connectivity index (χ0n) is 13.0. The number of carbonyl (C=O) groups is 1. The minimum absolute atomic E-state index is 0.0790. The second kappa shape index (κ2) is 5.30. The Balaban J connectivity index is 1.70. The molecule has 0 aliphatic carbocycles. The molecule has 0 atom stereocenters. The van der Waals surface area contributed by atoms with E-state index >= 15 is 0 Å². The van der Waals surface area contributed by atoms with Crippen molar-refractivity contribution in [2.45, 2.75) is 13.0 Å². The molecular formula is C17H15FN4O2. The number of benzene rings is 1. The molecule has 3 aromatic rings. The number of aromatic nitrogens is 3. The van der Waals surface area contributed by atoms with E-state index in [1.165, 1.54) is 18.5 Å². The van der Waals surface area contributed by atoms with E-state index in [4.69, 9.17) is 0 Å². The number of hydrogen-bond acceptors (Lipinski definition) is 3. The summed E-state index contributed by atoms with van der Waals surface area (Å²) in [4.78, 5) is 29.8. The van der Waals surface area contributed by atoms with Gasteiger partial charge < -0.3 is 9.88 Å². The van der Waals surface area contributed by atoms with E-state index in [2.05, 4.69) is 10.1 Å². The van der Waals surface area contributed by atoms with Crippen LogP contribution in [0, 0.1) is 5.82 Å². The van der Waals surface area contributed by atoms with Gasteiger partial charge in [0, 0.05) is 26.3 Å². The highest BCUT2D eigenvalue weighted by Crippen LogP contribution is 2.22. The van der Waals surface area contributed by atoms with Crippen molar-refractivity contribution >= 4 is 16.9 Å². The first-order valence-electron chi connectivity index (χ1n) is 7.65. The number of hydrogen-bond donors (Lipinski definition) is 1. The third-order valence-electron chi connectivity index (χ3n) is 4.51. The van der Waals surface area contributed by atoms with Crippen LogP contribution in [0.5, 0.6) is 0 Å². The zero-order chi connectivity index (χ0) is 16.8. The van der Waals surface area contributed by atoms with Gasteiger partial charge in [0.1, 0.15) is 17.0 Å². The highest BCUT2D eigenvalue weighted by atomic mass is 19.1. The predicted octanol–water partition coefficient (Wildman–Crippen LogP) is 1.60. The molecule has 1 aliphatic heterocycles. The van der Waals surface area contributed by atoms with Gasteiger partial charge in [0.15, 0.2) is 0 Å². The van der Waals surface area contributed by atoms with E-state index in [-0.39, 0.29) is 22.7 Å². The Kier molecular flexibility index (Phi) is 3.23. The van der Waals surface area contributed by atoms with E-state index in [1.807, 2.05) is 6.07 Å². The Hall–Kier alpha value is -2.96. The second-order valence-electron chi connectivity index (χ2n) is 5.92. The summed E-state index contributed by atoms with van der Waals surface area (Å²) in [6.45, 7) is 0.688. The van der Waals surface area contributed by atoms with Crippen LogP contribution in [0.3, 0.4) is 0 Å². The molecule has 0 bridgehead atoms. The van der Waals surface area contributed by atoms with Gasteiger partial charge in [-0.15, -0.1) is 0 Å². The van der Waals surface area contributed by atoms with Crippen molar-refractivity contribution in [3.8, 4) is 0 Å². The molecule has 0 radical (unpaired) electrons. The summed E-state index contributed by atoms with van der Waals surface area (Å²) in [6.07, 6.45) is 3.32. The van der Waals surface area contributed by atoms with Crippen LogP contribution in [0.15, 0.2) is 35.4 Å². The number of amides is 1. The summed E-state index contributed by atoms with van der Waals surface area (Å²) in [5, 5.41) is 4.41. The first kappa shape index (κ1) is 14.6. The van der Waals surface area contributed by atoms with E-state index in [0.29, 0.717) is 36.1 Å². The summed E-state index contributed by atoms with van der Waals surface area (Å²) in [6, 6.07) is 4.88. The first-order chi connectivity index (χ1) is 11.6. The molecule has 3 heterocycles. The molecule has 4 rings (SSSR count). The summed E-state index contributed by atoms with van der Waals surface area (Å²) >= 11 is 0. The average Bonchev–Trinajstić information content (AvgIpc) is 2.97. The van der Waals surface area contributed by atoms with Gasteiger partial charge in [-0.2, -0.15) is 5.10 Å². The van der Waals surface area contributed by atoms with Crippen LogP contribution in [0.2, 0.25) is 0 Å². The summed E-state index contributed by atoms with van der Waals surface area (Å²) in [7, 11) is 1.72. The van der Waals surface area contributed by atoms with Gasteiger partial charge in [-0.05, 0) is 23.6 Å². The quantitative estimate of drug-likeness (QED) is 0.738. The highest BCUT2D eigenvalue weighted by molar-refractivity contribution is 5.96. The van der Waals surface area contributed by atoms with Crippen LogP contribution in [0.1, 0.15) is 21.5 Å². The van der Waals surface area contributed by atoms with E-state index in [0.717, 1.165) is 5.56 Å². The van der Waals surface area contributed by atoms with Gasteiger partial charge in [0.05, 0.1) is 11.6 Å². The van der Waals surface area contributed by atoms with Crippen molar-refractivity contribution < 1.29 is 9.18 Å². The Bertz CT molecular complexity index is 1020. The summed E-state index contributed by atoms with van der Waals surface area (Å²) in [5.41, 5.74) is 1.75. The van der Waals surface area contributed by atoms with Crippen LogP contribution in [0.4, 0.5) is 4.39 Å². The fraction of sp³-hybridized carbons (Fsp3) is 0.235. The number of H-pyrrole nitrogens is 1. The van der Waals surface area contributed by atoms with Gasteiger partial charge in [0.2, 0.25) is 5.43 Å². The molecule has 122 valence electrons. The van der Waals surface area contributed by atoms with Crippen LogP contribution < -0.4 is 5.43 Å². The Morgan fingerprint density at radius 2 is 2.21 bits per heavy atom. The molecule has 1 N–H and O–H groups in total. The topological polar surface area (TPSA) is 71.0 Å². The van der Waals surface area contributed by atoms with Crippen LogP contribution in [-0.2, 0) is 20.0 Å². The minimum Gasteiger partial charge on any atom is -0.345 e. The number of pyridine rings is 1. The minimum atomic E-state index is -0.350. The molecule has 0 fully saturated rings. The number of fused-ring (bicyclic) bond motifs is 2. The molecule has 0 spiro atoms. The summed E-state index contributed by atoms with van der Waals surface area (Å²) < 4.78 is 15.3. The maximum Gasteiger partial charge on any atom is 0.259 e. The van der Waals surface area contributed by atoms with Crippen molar-refractivity contribution in [2.24, 2.45) is 7.05 Å². The standard InChI is InChI=1S/C17H15FN4O2/c1-21-16-12(8-20-21)15(23)13(7-19-16)17(24)22-6-5-11-10(9-22)3-2-4-14(11)18/h2-4,7-8H,5-6,9H2,1H3,(H,19,23). The lowest BCUT2D eigenvalue weighted by Crippen LogP contribution is -2.38. The van der Waals surface area contributed by atoms with Gasteiger partial charge in [-0.1, -0.05) is 12.1 Å². The van der Waals surface area contributed by atoms with Crippen LogP contribution in [-0.4, -0.2) is 32.1 Å². The molecule has 0 saturated heterocycles. The number of carbonyl (C=O) groups excluding carboxylic acids is 1. The van der Waals surface area contributed by atoms with Crippen molar-refractivity contribution in [1.29, 1.82) is 0 Å². The number of aromatic amines is 1. The molecule has 1 aliphatic rings. The van der Waals surface area contributed by atoms with Gasteiger partial charge in [-0.3, -0.25) is 14.3 Å². The Labute approximate surface area is 136 Å². The molecule has 7 heteroatoms. The Morgan fingerprint density at radius 3 is 3.04 bits per heavy atom. The molecule has 6 nitrogen and oxygen atoms in total. The first-order valence-corrected chi connectivity index (χ1v) is 7.65. The normalized spacial score (nSPS) is 14.0. The fourth-order valence-electron chi connectivity index (χ4n) is 3.19. The number of rotatable bonds is 1. The molecule has 1 amide bonds. The molecular weight excluding hydrogens is 311 g/mol. The Morgan fingerprint density at radius 1 is 1.38 bits per heavy atom. The van der Waals surface area contributed by atoms with Crippen molar-refractivity contribution in [3.05, 3.63) is 63.3 Å². The lowest BCUT2D eigenvalue weighted by Gasteiger charge is -2.29. The average molecular weight is 326 g/mol. The lowest BCUT2D eigenvalue weighted by molar-refractivity contribution is 0.0732. The number of nitrogens with zero attached hydrogens (tertiary/aromatic N) is 3. The smallest absolute Gasteiger partial charge is 0.259 e. The van der Waals surface area contributed by atoms with Crippen molar-refractivity contribution in [2.75, 3.05) is 6.54 Å². The zero-order valence-corrected chi connectivity index (χ0v) is 13.0. The number of nitrogens with one attached hydrogen (secondary N) is 1. The lowest BCUT2D eigenvalue weighted by atomic mass is 9.98. The fourth-order valence-corrected chi connectivity index (χ4v) is 3.19. The molecule has 24 heavy (non-hydrogen) atoms. The molecule has 0 unspecified atom stereocenters. The SMILES string of the molecule is Cn1ncc2c(=O)c(C(=O)N3CCc4c(F)cccc4C3)c[nH]c21. The van der Waals surface area contributed by atoms with Crippen molar-refractivity contribution in [1.82, 2.24) is 19.7 Å². The van der Waals surface area contributed by atoms with Gasteiger partial charge >= 0.3 is 0 Å². The van der Waals surface area contributed by atoms with Crippen molar-refractivity contribution in [3.63, 3.8) is 0 Å². The van der Waals surface area contributed by atoms with E-state index in [1.54, 1.807) is 22.7 Å². The maximum absolute atomic E-state index is 13.8. The van der Waals surface area contributed by atoms with Gasteiger partial charge in [0.25, 0.3) is 5.91 Å². The number of halogens is 1. The predicted molar refractivity (Wildman–Crippen MR) is 86.2 cm³/mol. The monoisotopic (exact) mass is 326 g/mol. The highest BCUT2D eigenvalue weighted by Gasteiger charge is 2.25. The summed E-state index contributed by atoms with van der Waals surface area (Å²) in [5.74, 6) is -0.592. The van der Waals surface area contributed by atoms with Gasteiger partial charge in [-0.25, -0.2) is 4.39 Å². The largest absolute Gasteiger partial charge is 0.345 e. The molecule has 1 aromatic carbocycles. The third kappa shape index (κ3) is 2.12. The van der Waals surface area contributed by atoms with Crippen LogP contribution >= 0.6 is 0 Å². The van der Waals surface area contributed by atoms with E-state index in [9.17, 15) is 14.0 Å². The molecule has 2 aromatic heterocycles. The number of aryl methyl sites for hydroxylation is 1.